The van der Waals surface area contributed by atoms with Crippen molar-refractivity contribution in [2.24, 2.45) is 0 Å². The molecule has 3 nitrogen and oxygen atoms in total. The molecule has 2 rings (SSSR count). The number of hydrogen-bond donors (Lipinski definition) is 1. The maximum atomic E-state index is 4.37. The van der Waals surface area contributed by atoms with E-state index in [4.69, 9.17) is 0 Å². The summed E-state index contributed by atoms with van der Waals surface area (Å²) < 4.78 is 2.36. The number of imidazole rings is 1. The Balaban J connectivity index is 2.13. The van der Waals surface area contributed by atoms with Crippen LogP contribution in [-0.4, -0.2) is 20.6 Å². The van der Waals surface area contributed by atoms with Crippen molar-refractivity contribution in [2.75, 3.05) is 11.6 Å². The Labute approximate surface area is 113 Å². The Morgan fingerprint density at radius 3 is 2.67 bits per heavy atom. The summed E-state index contributed by atoms with van der Waals surface area (Å²) >= 11 is 1.86. The highest BCUT2D eigenvalue weighted by Crippen LogP contribution is 2.25. The first kappa shape index (κ1) is 13.0. The van der Waals surface area contributed by atoms with Gasteiger partial charge >= 0.3 is 0 Å². The van der Waals surface area contributed by atoms with Crippen LogP contribution in [0.5, 0.6) is 0 Å². The van der Waals surface area contributed by atoms with Crippen LogP contribution in [0.25, 0.3) is 0 Å². The monoisotopic (exact) mass is 261 g/mol. The van der Waals surface area contributed by atoms with Crippen LogP contribution in [0.3, 0.4) is 0 Å². The molecule has 4 heteroatoms. The summed E-state index contributed by atoms with van der Waals surface area (Å²) in [7, 11) is 0. The second-order valence-corrected chi connectivity index (χ2v) is 6.35. The normalized spacial score (nSPS) is 11.5. The van der Waals surface area contributed by atoms with Crippen LogP contribution >= 0.6 is 11.8 Å². The van der Waals surface area contributed by atoms with Crippen LogP contribution in [0.2, 0.25) is 0 Å². The fourth-order valence-corrected chi connectivity index (χ4v) is 1.95. The van der Waals surface area contributed by atoms with E-state index in [9.17, 15) is 0 Å². The van der Waals surface area contributed by atoms with Crippen molar-refractivity contribution in [3.63, 3.8) is 0 Å². The van der Waals surface area contributed by atoms with E-state index >= 15 is 0 Å². The molecule has 0 radical (unpaired) electrons. The average Bonchev–Trinajstić information content (AvgIpc) is 2.77. The molecule has 1 aromatic heterocycles. The summed E-state index contributed by atoms with van der Waals surface area (Å²) in [6, 6.07) is 10.1. The van der Waals surface area contributed by atoms with E-state index in [1.807, 2.05) is 54.5 Å². The lowest BCUT2D eigenvalue weighted by atomic mass is 10.2. The quantitative estimate of drug-likeness (QED) is 0.888. The van der Waals surface area contributed by atoms with Crippen molar-refractivity contribution >= 4 is 23.4 Å². The van der Waals surface area contributed by atoms with E-state index in [0.717, 1.165) is 18.2 Å². The third-order valence-electron chi connectivity index (χ3n) is 2.85. The molecule has 0 unspecified atom stereocenters. The second-order valence-electron chi connectivity index (χ2n) is 4.83. The van der Waals surface area contributed by atoms with E-state index < -0.39 is 0 Å². The van der Waals surface area contributed by atoms with Gasteiger partial charge < -0.3 is 9.88 Å². The van der Waals surface area contributed by atoms with Gasteiger partial charge in [-0.2, -0.15) is 11.8 Å². The molecule has 0 saturated heterocycles. The van der Waals surface area contributed by atoms with Gasteiger partial charge in [0.25, 0.3) is 0 Å². The third kappa shape index (κ3) is 3.29. The van der Waals surface area contributed by atoms with Crippen molar-refractivity contribution in [3.8, 4) is 0 Å². The van der Waals surface area contributed by atoms with Gasteiger partial charge in [0.1, 0.15) is 0 Å². The third-order valence-corrected chi connectivity index (χ3v) is 4.08. The minimum atomic E-state index is 0.202. The first-order valence-corrected chi connectivity index (χ1v) is 7.21. The molecule has 1 N–H and O–H groups in total. The van der Waals surface area contributed by atoms with E-state index in [2.05, 4.69) is 35.0 Å². The van der Waals surface area contributed by atoms with Gasteiger partial charge in [0, 0.05) is 29.4 Å². The molecule has 0 bridgehead atoms. The molecule has 0 atom stereocenters. The summed E-state index contributed by atoms with van der Waals surface area (Å²) in [6.07, 6.45) is 5.99. The topological polar surface area (TPSA) is 29.9 Å². The number of nitrogens with one attached hydrogen (secondary N) is 1. The minimum absolute atomic E-state index is 0.202. The molecule has 96 valence electrons. The van der Waals surface area contributed by atoms with Crippen LogP contribution in [0.15, 0.2) is 42.7 Å². The second kappa shape index (κ2) is 5.48. The van der Waals surface area contributed by atoms with E-state index in [0.29, 0.717) is 0 Å². The lowest BCUT2D eigenvalue weighted by Crippen LogP contribution is -2.22. The number of anilines is 2. The van der Waals surface area contributed by atoms with Crippen molar-refractivity contribution < 1.29 is 0 Å². The number of para-hydroxylation sites is 1. The number of thioether (sulfide) groups is 1. The predicted octanol–water partition coefficient (Wildman–Crippen LogP) is 3.77. The summed E-state index contributed by atoms with van der Waals surface area (Å²) in [5.74, 6) is 0.892. The van der Waals surface area contributed by atoms with E-state index in [1.165, 1.54) is 0 Å². The Morgan fingerprint density at radius 1 is 1.28 bits per heavy atom. The maximum absolute atomic E-state index is 4.37. The zero-order valence-electron chi connectivity index (χ0n) is 11.1. The van der Waals surface area contributed by atoms with Gasteiger partial charge in [-0.25, -0.2) is 4.98 Å². The lowest BCUT2D eigenvalue weighted by Gasteiger charge is -2.23. The van der Waals surface area contributed by atoms with Gasteiger partial charge in [-0.05, 0) is 32.2 Å². The van der Waals surface area contributed by atoms with Gasteiger partial charge in [0.2, 0.25) is 5.95 Å². The largest absolute Gasteiger partial charge is 0.326 e. The first-order chi connectivity index (χ1) is 8.61. The van der Waals surface area contributed by atoms with Crippen LogP contribution < -0.4 is 5.32 Å². The highest BCUT2D eigenvalue weighted by Gasteiger charge is 2.18. The fourth-order valence-electron chi connectivity index (χ4n) is 1.69. The molecule has 0 amide bonds. The molecule has 2 aromatic rings. The Bertz CT molecular complexity index is 491. The van der Waals surface area contributed by atoms with Crippen molar-refractivity contribution in [1.82, 2.24) is 9.55 Å². The fraction of sp³-hybridized carbons (Fsp3) is 0.357. The standard InChI is InChI=1S/C14H19N3S/c1-14(2,18-3)11-17-10-9-15-13(17)16-12-7-5-4-6-8-12/h4-10H,11H2,1-3H3,(H,15,16). The number of nitrogens with zero attached hydrogens (tertiary/aromatic N) is 2. The van der Waals surface area contributed by atoms with Crippen molar-refractivity contribution in [3.05, 3.63) is 42.7 Å². The predicted molar refractivity (Wildman–Crippen MR) is 79.5 cm³/mol. The summed E-state index contributed by atoms with van der Waals surface area (Å²) in [6.45, 7) is 5.41. The summed E-state index contributed by atoms with van der Waals surface area (Å²) in [5.41, 5.74) is 1.06. The Kier molecular flexibility index (Phi) is 3.97. The molecule has 0 spiro atoms. The molecule has 1 aromatic carbocycles. The molecule has 0 aliphatic carbocycles. The van der Waals surface area contributed by atoms with Crippen LogP contribution in [0, 0.1) is 0 Å². The molecule has 0 fully saturated rings. The molecule has 1 heterocycles. The number of rotatable bonds is 5. The van der Waals surface area contributed by atoms with E-state index in [-0.39, 0.29) is 4.75 Å². The highest BCUT2D eigenvalue weighted by molar-refractivity contribution is 7.99. The van der Waals surface area contributed by atoms with Gasteiger partial charge in [0.15, 0.2) is 0 Å². The van der Waals surface area contributed by atoms with Crippen LogP contribution in [-0.2, 0) is 6.54 Å². The smallest absolute Gasteiger partial charge is 0.207 e. The molecular weight excluding hydrogens is 242 g/mol. The highest BCUT2D eigenvalue weighted by atomic mass is 32.2. The van der Waals surface area contributed by atoms with Gasteiger partial charge in [0.05, 0.1) is 0 Å². The Morgan fingerprint density at radius 2 is 2.00 bits per heavy atom. The van der Waals surface area contributed by atoms with Crippen molar-refractivity contribution in [2.45, 2.75) is 25.1 Å². The van der Waals surface area contributed by atoms with Crippen LogP contribution in [0.4, 0.5) is 11.6 Å². The van der Waals surface area contributed by atoms with Gasteiger partial charge in [-0.3, -0.25) is 0 Å². The minimum Gasteiger partial charge on any atom is -0.326 e. The lowest BCUT2D eigenvalue weighted by molar-refractivity contribution is 0.573. The summed E-state index contributed by atoms with van der Waals surface area (Å²) in [5, 5.41) is 3.34. The van der Waals surface area contributed by atoms with Crippen molar-refractivity contribution in [1.29, 1.82) is 0 Å². The molecule has 18 heavy (non-hydrogen) atoms. The average molecular weight is 261 g/mol. The first-order valence-electron chi connectivity index (χ1n) is 5.99. The van der Waals surface area contributed by atoms with E-state index in [1.54, 1.807) is 0 Å². The number of hydrogen-bond acceptors (Lipinski definition) is 3. The van der Waals surface area contributed by atoms with Gasteiger partial charge in [-0.15, -0.1) is 0 Å². The SMILES string of the molecule is CSC(C)(C)Cn1ccnc1Nc1ccccc1. The zero-order valence-corrected chi connectivity index (χ0v) is 11.9. The molecule has 0 saturated carbocycles. The molecule has 0 aliphatic rings. The summed E-state index contributed by atoms with van der Waals surface area (Å²) in [4.78, 5) is 4.37. The number of benzene rings is 1. The zero-order chi connectivity index (χ0) is 13.0. The molecule has 0 aliphatic heterocycles. The number of aromatic nitrogens is 2. The van der Waals surface area contributed by atoms with Gasteiger partial charge in [-0.1, -0.05) is 18.2 Å². The Hall–Kier alpha value is -1.42. The maximum Gasteiger partial charge on any atom is 0.207 e. The molecular formula is C14H19N3S. The van der Waals surface area contributed by atoms with Crippen LogP contribution in [0.1, 0.15) is 13.8 Å².